The van der Waals surface area contributed by atoms with Gasteiger partial charge in [0.25, 0.3) is 0 Å². The van der Waals surface area contributed by atoms with Crippen LogP contribution in [-0.2, 0) is 18.1 Å². The molecule has 1 rings (SSSR count). The quantitative estimate of drug-likeness (QED) is 0.0516. The van der Waals surface area contributed by atoms with E-state index in [0.29, 0.717) is 31.7 Å². The highest BCUT2D eigenvalue weighted by atomic mass is 31.2. The zero-order valence-electron chi connectivity index (χ0n) is 30.3. The van der Waals surface area contributed by atoms with Crippen LogP contribution < -0.4 is 0 Å². The Kier molecular flexibility index (Phi) is 29.1. The van der Waals surface area contributed by atoms with Gasteiger partial charge in [0.05, 0.1) is 19.8 Å². The van der Waals surface area contributed by atoms with E-state index >= 15 is 0 Å². The molecular weight excluding hydrogens is 565 g/mol. The summed E-state index contributed by atoms with van der Waals surface area (Å²) in [5.41, 5.74) is 0. The summed E-state index contributed by atoms with van der Waals surface area (Å²) in [6.45, 7) is 13.6. The Morgan fingerprint density at radius 2 is 0.841 bits per heavy atom. The standard InChI is InChI=1S/C38H78NO4P/c1-5-9-13-17-19-23-29-37(27-21-15-11-7-3)35-42-44(40,41-34-33-39-31-25-26-32-39)43-36-38(28-22-16-12-8-4)30-24-20-18-14-10-6-2/h37-38H,5-36H2,1-4H3. The van der Waals surface area contributed by atoms with E-state index in [0.717, 1.165) is 45.3 Å². The van der Waals surface area contributed by atoms with Gasteiger partial charge in [0, 0.05) is 6.54 Å². The maximum absolute atomic E-state index is 14.2. The van der Waals surface area contributed by atoms with E-state index in [4.69, 9.17) is 13.6 Å². The van der Waals surface area contributed by atoms with Gasteiger partial charge in [-0.2, -0.15) is 0 Å². The minimum atomic E-state index is -3.61. The largest absolute Gasteiger partial charge is 0.474 e. The summed E-state index contributed by atoms with van der Waals surface area (Å²) in [6.07, 6.45) is 32.9. The van der Waals surface area contributed by atoms with Crippen LogP contribution in [0.3, 0.4) is 0 Å². The van der Waals surface area contributed by atoms with Crippen molar-refractivity contribution >= 4 is 7.82 Å². The molecule has 0 spiro atoms. The van der Waals surface area contributed by atoms with Gasteiger partial charge >= 0.3 is 7.82 Å². The molecule has 6 heteroatoms. The van der Waals surface area contributed by atoms with Crippen molar-refractivity contribution in [3.63, 3.8) is 0 Å². The lowest BCUT2D eigenvalue weighted by molar-refractivity contribution is 0.0769. The summed E-state index contributed by atoms with van der Waals surface area (Å²) in [7, 11) is -3.61. The molecule has 0 radical (unpaired) electrons. The number of unbranched alkanes of at least 4 members (excludes halogenated alkanes) is 16. The Hall–Kier alpha value is 0.0700. The topological polar surface area (TPSA) is 48.0 Å². The molecule has 2 unspecified atom stereocenters. The highest BCUT2D eigenvalue weighted by Gasteiger charge is 2.30. The van der Waals surface area contributed by atoms with Gasteiger partial charge in [0.15, 0.2) is 0 Å². The summed E-state index contributed by atoms with van der Waals surface area (Å²) in [5, 5.41) is 0. The van der Waals surface area contributed by atoms with Gasteiger partial charge in [-0.1, -0.05) is 156 Å². The van der Waals surface area contributed by atoms with Crippen LogP contribution in [0.4, 0.5) is 0 Å². The van der Waals surface area contributed by atoms with Gasteiger partial charge in [-0.3, -0.25) is 13.6 Å². The lowest BCUT2D eigenvalue weighted by atomic mass is 9.95. The van der Waals surface area contributed by atoms with Crippen molar-refractivity contribution < 1.29 is 18.1 Å². The van der Waals surface area contributed by atoms with Gasteiger partial charge in [0.2, 0.25) is 0 Å². The average molecular weight is 644 g/mol. The number of phosphoric acid groups is 1. The predicted molar refractivity (Wildman–Crippen MR) is 192 cm³/mol. The van der Waals surface area contributed by atoms with Crippen molar-refractivity contribution in [2.75, 3.05) is 39.5 Å². The van der Waals surface area contributed by atoms with Crippen LogP contribution in [-0.4, -0.2) is 44.4 Å². The molecule has 0 N–H and O–H groups in total. The Labute approximate surface area is 276 Å². The predicted octanol–water partition coefficient (Wildman–Crippen LogP) is 12.9. The van der Waals surface area contributed by atoms with E-state index in [-0.39, 0.29) is 0 Å². The first-order valence-corrected chi connectivity index (χ1v) is 21.3. The third-order valence-electron chi connectivity index (χ3n) is 9.66. The number of phosphoric ester groups is 1. The van der Waals surface area contributed by atoms with E-state index in [1.54, 1.807) is 0 Å². The normalized spacial score (nSPS) is 16.8. The van der Waals surface area contributed by atoms with Crippen molar-refractivity contribution in [3.05, 3.63) is 0 Å². The van der Waals surface area contributed by atoms with Crippen LogP contribution in [0.1, 0.15) is 195 Å². The molecule has 1 aliphatic rings. The zero-order chi connectivity index (χ0) is 32.0. The molecule has 1 heterocycles. The molecule has 5 nitrogen and oxygen atoms in total. The second kappa shape index (κ2) is 30.4. The van der Waals surface area contributed by atoms with Crippen molar-refractivity contribution in [2.24, 2.45) is 11.8 Å². The highest BCUT2D eigenvalue weighted by molar-refractivity contribution is 7.48. The number of hydrogen-bond donors (Lipinski definition) is 0. The molecule has 0 aromatic carbocycles. The molecule has 44 heavy (non-hydrogen) atoms. The first kappa shape index (κ1) is 42.1. The van der Waals surface area contributed by atoms with E-state index in [1.807, 2.05) is 0 Å². The molecule has 0 bridgehead atoms. The van der Waals surface area contributed by atoms with E-state index in [2.05, 4.69) is 32.6 Å². The fraction of sp³-hybridized carbons (Fsp3) is 1.00. The monoisotopic (exact) mass is 644 g/mol. The number of nitrogens with zero attached hydrogens (tertiary/aromatic N) is 1. The van der Waals surface area contributed by atoms with Crippen LogP contribution in [0.2, 0.25) is 0 Å². The minimum absolute atomic E-state index is 0.425. The molecule has 264 valence electrons. The van der Waals surface area contributed by atoms with Crippen LogP contribution >= 0.6 is 7.82 Å². The summed E-state index contributed by atoms with van der Waals surface area (Å²) in [6, 6.07) is 0. The van der Waals surface area contributed by atoms with E-state index < -0.39 is 7.82 Å². The van der Waals surface area contributed by atoms with Crippen molar-refractivity contribution in [1.29, 1.82) is 0 Å². The van der Waals surface area contributed by atoms with E-state index in [9.17, 15) is 4.57 Å². The molecule has 2 atom stereocenters. The molecule has 1 aliphatic heterocycles. The Morgan fingerprint density at radius 1 is 0.500 bits per heavy atom. The van der Waals surface area contributed by atoms with Crippen LogP contribution in [0, 0.1) is 11.8 Å². The van der Waals surface area contributed by atoms with E-state index in [1.165, 1.54) is 141 Å². The molecule has 0 aromatic heterocycles. The number of likely N-dealkylation sites (tertiary alicyclic amines) is 1. The second-order valence-electron chi connectivity index (χ2n) is 14.0. The third-order valence-corrected chi connectivity index (χ3v) is 11.1. The minimum Gasteiger partial charge on any atom is -0.301 e. The van der Waals surface area contributed by atoms with Gasteiger partial charge in [-0.05, 0) is 63.5 Å². The summed E-state index contributed by atoms with van der Waals surface area (Å²) >= 11 is 0. The van der Waals surface area contributed by atoms with Gasteiger partial charge < -0.3 is 4.90 Å². The van der Waals surface area contributed by atoms with Crippen LogP contribution in [0.25, 0.3) is 0 Å². The second-order valence-corrected chi connectivity index (χ2v) is 15.6. The van der Waals surface area contributed by atoms with Crippen molar-refractivity contribution in [3.8, 4) is 0 Å². The highest BCUT2D eigenvalue weighted by Crippen LogP contribution is 2.51. The molecule has 0 saturated carbocycles. The smallest absolute Gasteiger partial charge is 0.301 e. The van der Waals surface area contributed by atoms with Gasteiger partial charge in [-0.25, -0.2) is 4.57 Å². The maximum Gasteiger partial charge on any atom is 0.474 e. The Balaban J connectivity index is 2.77. The lowest BCUT2D eigenvalue weighted by Gasteiger charge is -2.25. The first-order chi connectivity index (χ1) is 21.6. The lowest BCUT2D eigenvalue weighted by Crippen LogP contribution is -2.24. The van der Waals surface area contributed by atoms with Gasteiger partial charge in [0.1, 0.15) is 0 Å². The van der Waals surface area contributed by atoms with Crippen LogP contribution in [0.15, 0.2) is 0 Å². The fourth-order valence-corrected chi connectivity index (χ4v) is 7.88. The number of rotatable bonds is 34. The summed E-state index contributed by atoms with van der Waals surface area (Å²) in [4.78, 5) is 2.41. The summed E-state index contributed by atoms with van der Waals surface area (Å²) in [5.74, 6) is 0.871. The van der Waals surface area contributed by atoms with Crippen molar-refractivity contribution in [2.45, 2.75) is 195 Å². The number of hydrogen-bond acceptors (Lipinski definition) is 5. The summed E-state index contributed by atoms with van der Waals surface area (Å²) < 4.78 is 32.8. The SMILES string of the molecule is CCCCCCCCC(CCCCCC)COP(=O)(OCCN1CCCC1)OCC(CCCCCC)CCCCCCCC. The average Bonchev–Trinajstić information content (AvgIpc) is 3.55. The maximum atomic E-state index is 14.2. The molecule has 0 aliphatic carbocycles. The third kappa shape index (κ3) is 24.3. The Morgan fingerprint density at radius 3 is 1.23 bits per heavy atom. The molecule has 0 amide bonds. The molecule has 1 saturated heterocycles. The van der Waals surface area contributed by atoms with Crippen molar-refractivity contribution in [1.82, 2.24) is 4.90 Å². The first-order valence-electron chi connectivity index (χ1n) is 19.8. The molecular formula is C38H78NO4P. The fourth-order valence-electron chi connectivity index (χ4n) is 6.56. The molecule has 1 fully saturated rings. The van der Waals surface area contributed by atoms with Crippen LogP contribution in [0.5, 0.6) is 0 Å². The van der Waals surface area contributed by atoms with Gasteiger partial charge in [-0.15, -0.1) is 0 Å². The zero-order valence-corrected chi connectivity index (χ0v) is 31.2. The Bertz CT molecular complexity index is 602. The molecule has 0 aromatic rings.